The highest BCUT2D eigenvalue weighted by Gasteiger charge is 2.18. The van der Waals surface area contributed by atoms with Crippen LogP contribution in [0.25, 0.3) is 0 Å². The standard InChI is InChI=1S/C17H25NO2/c1-13-7-6-10-16(11-13)20-14(2)17(19)18-12-15-8-4-3-5-9-15/h6-7,10-11,14-15H,3-5,8-9,12H2,1-2H3,(H,18,19)/t14-/m0/s1. The van der Waals surface area contributed by atoms with Crippen LogP contribution in [0.15, 0.2) is 24.3 Å². The smallest absolute Gasteiger partial charge is 0.260 e. The van der Waals surface area contributed by atoms with Gasteiger partial charge in [0.1, 0.15) is 5.75 Å². The van der Waals surface area contributed by atoms with Crippen molar-refractivity contribution in [2.24, 2.45) is 5.92 Å². The van der Waals surface area contributed by atoms with E-state index >= 15 is 0 Å². The van der Waals surface area contributed by atoms with Crippen molar-refractivity contribution in [3.05, 3.63) is 29.8 Å². The van der Waals surface area contributed by atoms with Gasteiger partial charge in [0, 0.05) is 6.54 Å². The van der Waals surface area contributed by atoms with E-state index in [1.165, 1.54) is 32.1 Å². The van der Waals surface area contributed by atoms with Crippen molar-refractivity contribution in [2.45, 2.75) is 52.1 Å². The van der Waals surface area contributed by atoms with Gasteiger partial charge in [-0.1, -0.05) is 31.4 Å². The maximum absolute atomic E-state index is 12.0. The molecule has 0 aliphatic heterocycles. The third-order valence-electron chi connectivity index (χ3n) is 3.96. The van der Waals surface area contributed by atoms with Crippen molar-refractivity contribution in [2.75, 3.05) is 6.54 Å². The van der Waals surface area contributed by atoms with E-state index in [9.17, 15) is 4.79 Å². The molecule has 1 N–H and O–H groups in total. The van der Waals surface area contributed by atoms with E-state index < -0.39 is 6.10 Å². The number of nitrogens with one attached hydrogen (secondary N) is 1. The number of hydrogen-bond donors (Lipinski definition) is 1. The fourth-order valence-electron chi connectivity index (χ4n) is 2.73. The molecule has 1 saturated carbocycles. The fraction of sp³-hybridized carbons (Fsp3) is 0.588. The van der Waals surface area contributed by atoms with Gasteiger partial charge in [-0.3, -0.25) is 4.79 Å². The fourth-order valence-corrected chi connectivity index (χ4v) is 2.73. The summed E-state index contributed by atoms with van der Waals surface area (Å²) in [6, 6.07) is 7.79. The zero-order chi connectivity index (χ0) is 14.4. The lowest BCUT2D eigenvalue weighted by atomic mass is 9.89. The number of benzene rings is 1. The Labute approximate surface area is 121 Å². The van der Waals surface area contributed by atoms with Crippen LogP contribution >= 0.6 is 0 Å². The highest BCUT2D eigenvalue weighted by atomic mass is 16.5. The maximum atomic E-state index is 12.0. The first-order valence-electron chi connectivity index (χ1n) is 7.66. The quantitative estimate of drug-likeness (QED) is 0.893. The van der Waals surface area contributed by atoms with Gasteiger partial charge in [0.15, 0.2) is 6.10 Å². The lowest BCUT2D eigenvalue weighted by Gasteiger charge is -2.23. The zero-order valence-electron chi connectivity index (χ0n) is 12.5. The van der Waals surface area contributed by atoms with E-state index in [0.29, 0.717) is 5.92 Å². The Kier molecular flexibility index (Phi) is 5.45. The van der Waals surface area contributed by atoms with Gasteiger partial charge >= 0.3 is 0 Å². The zero-order valence-corrected chi connectivity index (χ0v) is 12.5. The highest BCUT2D eigenvalue weighted by molar-refractivity contribution is 5.80. The number of amides is 1. The Balaban J connectivity index is 1.76. The normalized spacial score (nSPS) is 17.5. The predicted molar refractivity (Wildman–Crippen MR) is 80.9 cm³/mol. The summed E-state index contributed by atoms with van der Waals surface area (Å²) in [5.41, 5.74) is 1.14. The Bertz CT molecular complexity index is 438. The lowest BCUT2D eigenvalue weighted by Crippen LogP contribution is -2.39. The minimum atomic E-state index is -0.444. The third-order valence-corrected chi connectivity index (χ3v) is 3.96. The van der Waals surface area contributed by atoms with Crippen LogP contribution in [0.2, 0.25) is 0 Å². The predicted octanol–water partition coefficient (Wildman–Crippen LogP) is 3.46. The van der Waals surface area contributed by atoms with Gasteiger partial charge < -0.3 is 10.1 Å². The Morgan fingerprint density at radius 3 is 2.80 bits per heavy atom. The molecular weight excluding hydrogens is 250 g/mol. The molecule has 110 valence electrons. The third kappa shape index (κ3) is 4.55. The van der Waals surface area contributed by atoms with Crippen LogP contribution in [-0.4, -0.2) is 18.6 Å². The molecule has 1 aliphatic carbocycles. The van der Waals surface area contributed by atoms with Crippen LogP contribution in [0, 0.1) is 12.8 Å². The number of carbonyl (C=O) groups excluding carboxylic acids is 1. The number of rotatable bonds is 5. The molecule has 0 unspecified atom stereocenters. The second-order valence-electron chi connectivity index (χ2n) is 5.83. The average Bonchev–Trinajstić information content (AvgIpc) is 2.46. The first-order chi connectivity index (χ1) is 9.65. The van der Waals surface area contributed by atoms with Gasteiger partial charge in [-0.25, -0.2) is 0 Å². The molecule has 3 nitrogen and oxygen atoms in total. The summed E-state index contributed by atoms with van der Waals surface area (Å²) in [7, 11) is 0. The molecule has 1 atom stereocenters. The van der Waals surface area contributed by atoms with Crippen molar-refractivity contribution in [3.63, 3.8) is 0 Å². The summed E-state index contributed by atoms with van der Waals surface area (Å²) >= 11 is 0. The van der Waals surface area contributed by atoms with Gasteiger partial charge in [-0.05, 0) is 50.3 Å². The first-order valence-corrected chi connectivity index (χ1v) is 7.66. The monoisotopic (exact) mass is 275 g/mol. The van der Waals surface area contributed by atoms with Crippen molar-refractivity contribution in [1.29, 1.82) is 0 Å². The molecule has 1 aliphatic rings. The molecule has 1 amide bonds. The van der Waals surface area contributed by atoms with Crippen LogP contribution in [0.5, 0.6) is 5.75 Å². The Morgan fingerprint density at radius 1 is 1.35 bits per heavy atom. The lowest BCUT2D eigenvalue weighted by molar-refractivity contribution is -0.127. The van der Waals surface area contributed by atoms with E-state index in [0.717, 1.165) is 17.9 Å². The van der Waals surface area contributed by atoms with Gasteiger partial charge in [0.05, 0.1) is 0 Å². The molecule has 0 heterocycles. The number of hydrogen-bond acceptors (Lipinski definition) is 2. The van der Waals surface area contributed by atoms with Crippen molar-refractivity contribution < 1.29 is 9.53 Å². The van der Waals surface area contributed by atoms with Crippen LogP contribution in [0.4, 0.5) is 0 Å². The molecular formula is C17H25NO2. The largest absolute Gasteiger partial charge is 0.481 e. The Hall–Kier alpha value is -1.51. The number of aryl methyl sites for hydroxylation is 1. The summed E-state index contributed by atoms with van der Waals surface area (Å²) in [6.45, 7) is 4.61. The van der Waals surface area contributed by atoms with Crippen LogP contribution in [-0.2, 0) is 4.79 Å². The number of carbonyl (C=O) groups is 1. The van der Waals surface area contributed by atoms with E-state index in [-0.39, 0.29) is 5.91 Å². The van der Waals surface area contributed by atoms with Crippen LogP contribution in [0.3, 0.4) is 0 Å². The van der Waals surface area contributed by atoms with E-state index in [4.69, 9.17) is 4.74 Å². The van der Waals surface area contributed by atoms with Crippen LogP contribution in [0.1, 0.15) is 44.6 Å². The number of ether oxygens (including phenoxy) is 1. The molecule has 0 radical (unpaired) electrons. The minimum absolute atomic E-state index is 0.0166. The molecule has 0 bridgehead atoms. The summed E-state index contributed by atoms with van der Waals surface area (Å²) in [5.74, 6) is 1.39. The topological polar surface area (TPSA) is 38.3 Å². The maximum Gasteiger partial charge on any atom is 0.260 e. The van der Waals surface area contributed by atoms with Gasteiger partial charge in [-0.15, -0.1) is 0 Å². The van der Waals surface area contributed by atoms with Gasteiger partial charge in [-0.2, -0.15) is 0 Å². The van der Waals surface area contributed by atoms with E-state index in [1.807, 2.05) is 31.2 Å². The van der Waals surface area contributed by atoms with E-state index in [2.05, 4.69) is 5.32 Å². The van der Waals surface area contributed by atoms with Gasteiger partial charge in [0.25, 0.3) is 5.91 Å². The van der Waals surface area contributed by atoms with Crippen molar-refractivity contribution in [3.8, 4) is 5.75 Å². The summed E-state index contributed by atoms with van der Waals surface area (Å²) in [6.07, 6.45) is 5.99. The highest BCUT2D eigenvalue weighted by Crippen LogP contribution is 2.22. The summed E-state index contributed by atoms with van der Waals surface area (Å²) < 4.78 is 5.68. The molecule has 1 fully saturated rings. The molecule has 20 heavy (non-hydrogen) atoms. The van der Waals surface area contributed by atoms with Crippen molar-refractivity contribution >= 4 is 5.91 Å². The summed E-state index contributed by atoms with van der Waals surface area (Å²) in [4.78, 5) is 12.0. The van der Waals surface area contributed by atoms with Gasteiger partial charge in [0.2, 0.25) is 0 Å². The van der Waals surface area contributed by atoms with E-state index in [1.54, 1.807) is 6.92 Å². The van der Waals surface area contributed by atoms with Crippen molar-refractivity contribution in [1.82, 2.24) is 5.32 Å². The molecule has 2 rings (SSSR count). The first kappa shape index (κ1) is 14.9. The molecule has 1 aromatic carbocycles. The Morgan fingerprint density at radius 2 is 2.10 bits per heavy atom. The average molecular weight is 275 g/mol. The second-order valence-corrected chi connectivity index (χ2v) is 5.83. The minimum Gasteiger partial charge on any atom is -0.481 e. The second kappa shape index (κ2) is 7.32. The summed E-state index contributed by atoms with van der Waals surface area (Å²) in [5, 5.41) is 3.02. The molecule has 1 aromatic rings. The SMILES string of the molecule is Cc1cccc(O[C@@H](C)C(=O)NCC2CCCCC2)c1. The molecule has 3 heteroatoms. The molecule has 0 aromatic heterocycles. The molecule has 0 saturated heterocycles. The molecule has 0 spiro atoms. The van der Waals surface area contributed by atoms with Crippen LogP contribution < -0.4 is 10.1 Å².